The van der Waals surface area contributed by atoms with Gasteiger partial charge in [-0.2, -0.15) is 0 Å². The van der Waals surface area contributed by atoms with Crippen LogP contribution < -0.4 is 0 Å². The van der Waals surface area contributed by atoms with Crippen LogP contribution in [0.5, 0.6) is 0 Å². The van der Waals surface area contributed by atoms with Crippen LogP contribution in [0.25, 0.3) is 0 Å². The summed E-state index contributed by atoms with van der Waals surface area (Å²) in [6.07, 6.45) is 9.61. The Balaban J connectivity index is 1.60. The third-order valence-corrected chi connectivity index (χ3v) is 11.0. The molecule has 9 atom stereocenters. The summed E-state index contributed by atoms with van der Waals surface area (Å²) in [5, 5.41) is 21.8. The minimum absolute atomic E-state index is 0.162. The molecule has 4 aliphatic carbocycles. The predicted octanol–water partition coefficient (Wildman–Crippen LogP) is 6.92. The normalized spacial score (nSPS) is 44.7. The summed E-state index contributed by atoms with van der Waals surface area (Å²) in [6, 6.07) is 0. The van der Waals surface area contributed by atoms with E-state index in [1.807, 2.05) is 0 Å². The Morgan fingerprint density at radius 1 is 0.935 bits per heavy atom. The van der Waals surface area contributed by atoms with Crippen molar-refractivity contribution in [3.63, 3.8) is 0 Å². The molecular formula is C29H48O2. The summed E-state index contributed by atoms with van der Waals surface area (Å²) in [6.45, 7) is 18.9. The molecule has 0 amide bonds. The van der Waals surface area contributed by atoms with Gasteiger partial charge in [-0.25, -0.2) is 0 Å². The quantitative estimate of drug-likeness (QED) is 0.467. The molecule has 0 radical (unpaired) electrons. The Kier molecular flexibility index (Phi) is 6.32. The molecular weight excluding hydrogens is 380 g/mol. The lowest BCUT2D eigenvalue weighted by atomic mass is 9.47. The van der Waals surface area contributed by atoms with E-state index in [0.29, 0.717) is 5.92 Å². The first-order chi connectivity index (χ1) is 14.5. The van der Waals surface area contributed by atoms with Crippen molar-refractivity contribution >= 4 is 0 Å². The maximum absolute atomic E-state index is 11.4. The SMILES string of the molecule is C=C1[C@@H](O)CC[C@@]2(C)[C@H]1C[C@@H](O)C1=C3CC[C@H]([C@H](C)CC[C@@H](C)C(C)C)[C@@]3(C)CC[C@@H]12. The van der Waals surface area contributed by atoms with Crippen LogP contribution in [0.4, 0.5) is 0 Å². The second-order valence-corrected chi connectivity index (χ2v) is 12.8. The molecule has 0 spiro atoms. The van der Waals surface area contributed by atoms with Crippen molar-refractivity contribution in [2.45, 2.75) is 112 Å². The van der Waals surface area contributed by atoms with Gasteiger partial charge in [0.25, 0.3) is 0 Å². The van der Waals surface area contributed by atoms with E-state index in [1.165, 1.54) is 44.1 Å². The van der Waals surface area contributed by atoms with Gasteiger partial charge in [-0.05, 0) is 102 Å². The van der Waals surface area contributed by atoms with Crippen LogP contribution >= 0.6 is 0 Å². The van der Waals surface area contributed by atoms with E-state index in [-0.39, 0.29) is 29.0 Å². The molecule has 0 heterocycles. The van der Waals surface area contributed by atoms with E-state index in [4.69, 9.17) is 0 Å². The van der Waals surface area contributed by atoms with E-state index in [2.05, 4.69) is 48.1 Å². The largest absolute Gasteiger partial charge is 0.389 e. The Hall–Kier alpha value is -0.600. The highest BCUT2D eigenvalue weighted by molar-refractivity contribution is 5.39. The number of hydrogen-bond donors (Lipinski definition) is 2. The van der Waals surface area contributed by atoms with Crippen molar-refractivity contribution in [2.75, 3.05) is 0 Å². The Morgan fingerprint density at radius 2 is 1.65 bits per heavy atom. The van der Waals surface area contributed by atoms with Crippen molar-refractivity contribution in [1.29, 1.82) is 0 Å². The zero-order valence-corrected chi connectivity index (χ0v) is 21.1. The first kappa shape index (κ1) is 23.6. The first-order valence-corrected chi connectivity index (χ1v) is 13.3. The molecule has 0 aromatic rings. The first-order valence-electron chi connectivity index (χ1n) is 13.3. The summed E-state index contributed by atoms with van der Waals surface area (Å²) in [4.78, 5) is 0. The fourth-order valence-corrected chi connectivity index (χ4v) is 8.49. The molecule has 3 fully saturated rings. The minimum Gasteiger partial charge on any atom is -0.389 e. The molecule has 2 N–H and O–H groups in total. The molecule has 176 valence electrons. The number of aliphatic hydroxyl groups excluding tert-OH is 2. The van der Waals surface area contributed by atoms with Crippen LogP contribution in [-0.4, -0.2) is 22.4 Å². The highest BCUT2D eigenvalue weighted by atomic mass is 16.3. The molecule has 2 heteroatoms. The number of hydrogen-bond acceptors (Lipinski definition) is 2. The summed E-state index contributed by atoms with van der Waals surface area (Å²) >= 11 is 0. The number of allylic oxidation sites excluding steroid dienone is 1. The molecule has 0 bridgehead atoms. The Bertz CT molecular complexity index is 735. The van der Waals surface area contributed by atoms with Crippen LogP contribution in [-0.2, 0) is 0 Å². The third-order valence-electron chi connectivity index (χ3n) is 11.0. The van der Waals surface area contributed by atoms with Gasteiger partial charge in [-0.3, -0.25) is 0 Å². The lowest BCUT2D eigenvalue weighted by molar-refractivity contribution is -0.0327. The molecule has 0 unspecified atom stereocenters. The lowest BCUT2D eigenvalue weighted by Crippen LogP contribution is -2.52. The average Bonchev–Trinajstić information content (AvgIpc) is 3.07. The molecule has 0 saturated heterocycles. The third kappa shape index (κ3) is 3.68. The van der Waals surface area contributed by atoms with Crippen LogP contribution in [0.2, 0.25) is 0 Å². The van der Waals surface area contributed by atoms with E-state index >= 15 is 0 Å². The smallest absolute Gasteiger partial charge is 0.0761 e. The fraction of sp³-hybridized carbons (Fsp3) is 0.862. The van der Waals surface area contributed by atoms with Crippen molar-refractivity contribution < 1.29 is 10.2 Å². The van der Waals surface area contributed by atoms with E-state index in [9.17, 15) is 10.2 Å². The highest BCUT2D eigenvalue weighted by Crippen LogP contribution is 2.66. The van der Waals surface area contributed by atoms with Gasteiger partial charge in [0, 0.05) is 0 Å². The Labute approximate surface area is 191 Å². The van der Waals surface area contributed by atoms with Crippen molar-refractivity contribution in [3.05, 3.63) is 23.3 Å². The zero-order valence-electron chi connectivity index (χ0n) is 21.1. The van der Waals surface area contributed by atoms with Gasteiger partial charge in [0.2, 0.25) is 0 Å². The van der Waals surface area contributed by atoms with Gasteiger partial charge in [0.15, 0.2) is 0 Å². The predicted molar refractivity (Wildman–Crippen MR) is 130 cm³/mol. The van der Waals surface area contributed by atoms with Crippen molar-refractivity contribution in [3.8, 4) is 0 Å². The molecule has 4 aliphatic rings. The molecule has 0 aliphatic heterocycles. The van der Waals surface area contributed by atoms with Gasteiger partial charge in [-0.1, -0.05) is 66.5 Å². The number of aliphatic hydroxyl groups is 2. The van der Waals surface area contributed by atoms with E-state index < -0.39 is 0 Å². The van der Waals surface area contributed by atoms with Crippen LogP contribution in [0.15, 0.2) is 23.3 Å². The van der Waals surface area contributed by atoms with Crippen molar-refractivity contribution in [1.82, 2.24) is 0 Å². The highest BCUT2D eigenvalue weighted by Gasteiger charge is 2.58. The fourth-order valence-electron chi connectivity index (χ4n) is 8.49. The molecule has 0 aromatic heterocycles. The van der Waals surface area contributed by atoms with Crippen LogP contribution in [0.1, 0.15) is 99.3 Å². The molecule has 31 heavy (non-hydrogen) atoms. The summed E-state index contributed by atoms with van der Waals surface area (Å²) in [5.41, 5.74) is 4.50. The Morgan fingerprint density at radius 3 is 2.32 bits per heavy atom. The summed E-state index contributed by atoms with van der Waals surface area (Å²) < 4.78 is 0. The summed E-state index contributed by atoms with van der Waals surface area (Å²) in [7, 11) is 0. The molecule has 3 saturated carbocycles. The van der Waals surface area contributed by atoms with Gasteiger partial charge < -0.3 is 10.2 Å². The average molecular weight is 429 g/mol. The van der Waals surface area contributed by atoms with Crippen LogP contribution in [0, 0.1) is 46.3 Å². The van der Waals surface area contributed by atoms with Gasteiger partial charge in [0.1, 0.15) is 0 Å². The molecule has 0 aromatic carbocycles. The number of rotatable bonds is 5. The second kappa shape index (κ2) is 8.32. The summed E-state index contributed by atoms with van der Waals surface area (Å²) in [5.74, 6) is 3.83. The molecule has 2 nitrogen and oxygen atoms in total. The monoisotopic (exact) mass is 428 g/mol. The van der Waals surface area contributed by atoms with E-state index in [1.54, 1.807) is 5.57 Å². The zero-order chi connectivity index (χ0) is 22.7. The maximum Gasteiger partial charge on any atom is 0.0761 e. The topological polar surface area (TPSA) is 40.5 Å². The standard InChI is InChI=1S/C29H48O2/c1-17(2)18(3)8-9-19(4)21-10-11-22-27-23(12-14-28(21,22)6)29(7)15-13-25(30)20(5)24(29)16-26(27)31/h17-19,21,23-26,30-31H,5,8-16H2,1-4,6-7H3/t18-,19-,21-,23+,24+,25+,26-,28-,29-/m1/s1. The van der Waals surface area contributed by atoms with E-state index in [0.717, 1.165) is 48.5 Å². The maximum atomic E-state index is 11.4. The van der Waals surface area contributed by atoms with Gasteiger partial charge >= 0.3 is 0 Å². The lowest BCUT2D eigenvalue weighted by Gasteiger charge is -2.58. The number of fused-ring (bicyclic) bond motifs is 4. The molecule has 4 rings (SSSR count). The minimum atomic E-state index is -0.377. The van der Waals surface area contributed by atoms with Gasteiger partial charge in [-0.15, -0.1) is 0 Å². The second-order valence-electron chi connectivity index (χ2n) is 12.8. The van der Waals surface area contributed by atoms with Crippen molar-refractivity contribution in [2.24, 2.45) is 46.3 Å². The van der Waals surface area contributed by atoms with Crippen LogP contribution in [0.3, 0.4) is 0 Å². The van der Waals surface area contributed by atoms with Gasteiger partial charge in [0.05, 0.1) is 12.2 Å².